The Kier molecular flexibility index (Phi) is 6.68. The predicted molar refractivity (Wildman–Crippen MR) is 139 cm³/mol. The molecule has 186 valence electrons. The minimum atomic E-state index is -0.682. The van der Waals surface area contributed by atoms with Crippen LogP contribution in [-0.4, -0.2) is 21.0 Å². The van der Waals surface area contributed by atoms with E-state index in [1.165, 1.54) is 12.1 Å². The van der Waals surface area contributed by atoms with E-state index >= 15 is 0 Å². The number of H-pyrrole nitrogens is 1. The molecule has 0 bridgehead atoms. The van der Waals surface area contributed by atoms with Crippen LogP contribution in [0.2, 0.25) is 0 Å². The van der Waals surface area contributed by atoms with E-state index in [0.29, 0.717) is 11.3 Å². The average Bonchev–Trinajstić information content (AvgIpc) is 3.25. The summed E-state index contributed by atoms with van der Waals surface area (Å²) in [5.41, 5.74) is 5.37. The summed E-state index contributed by atoms with van der Waals surface area (Å²) in [4.78, 5) is 21.0. The summed E-state index contributed by atoms with van der Waals surface area (Å²) in [6.45, 7) is 1.99. The van der Waals surface area contributed by atoms with E-state index in [0.717, 1.165) is 39.2 Å². The van der Waals surface area contributed by atoms with Gasteiger partial charge in [0.15, 0.2) is 0 Å². The van der Waals surface area contributed by atoms with Crippen LogP contribution in [-0.2, 0) is 17.6 Å². The summed E-state index contributed by atoms with van der Waals surface area (Å²) in [6, 6.07) is 19.2. The number of carbonyl (C=O) groups excluding carboxylic acids is 1. The summed E-state index contributed by atoms with van der Waals surface area (Å²) >= 11 is 0. The van der Waals surface area contributed by atoms with Gasteiger partial charge in [-0.15, -0.1) is 0 Å². The van der Waals surface area contributed by atoms with Gasteiger partial charge < -0.3 is 15.4 Å². The number of carbonyl (C=O) groups is 1. The molecule has 3 aromatic carbocycles. The van der Waals surface area contributed by atoms with Crippen LogP contribution < -0.4 is 5.32 Å². The number of phenols is 1. The molecule has 5 aromatic rings. The number of halogens is 2. The number of aromatic hydroxyl groups is 1. The van der Waals surface area contributed by atoms with Crippen molar-refractivity contribution in [1.29, 1.82) is 0 Å². The summed E-state index contributed by atoms with van der Waals surface area (Å²) in [5.74, 6) is -1.54. The van der Waals surface area contributed by atoms with Crippen molar-refractivity contribution in [2.45, 2.75) is 25.8 Å². The average molecular weight is 498 g/mol. The molecule has 7 heteroatoms. The standard InChI is InChI=1S/C30H25F2N3O2/c1-18-5-2-3-6-24(18)25-7-4-10-33-30(25)28(13-19-11-21(31)15-22(32)12-19)35-29(37)14-20-17-34-27-9-8-23(36)16-26(20)27/h2-12,15-17,28,34,36H,13-14H2,1H3,(H,35,37). The zero-order chi connectivity index (χ0) is 25.9. The topological polar surface area (TPSA) is 78.0 Å². The van der Waals surface area contributed by atoms with E-state index in [4.69, 9.17) is 0 Å². The van der Waals surface area contributed by atoms with Crippen LogP contribution in [0.4, 0.5) is 8.78 Å². The first kappa shape index (κ1) is 24.2. The van der Waals surface area contributed by atoms with Gasteiger partial charge in [0, 0.05) is 34.9 Å². The molecule has 0 saturated carbocycles. The number of amides is 1. The smallest absolute Gasteiger partial charge is 0.225 e. The quantitative estimate of drug-likeness (QED) is 0.252. The van der Waals surface area contributed by atoms with Crippen molar-refractivity contribution < 1.29 is 18.7 Å². The summed E-state index contributed by atoms with van der Waals surface area (Å²) in [7, 11) is 0. The van der Waals surface area contributed by atoms with Crippen LogP contribution in [0, 0.1) is 18.6 Å². The summed E-state index contributed by atoms with van der Waals surface area (Å²) in [5, 5.41) is 13.7. The normalized spacial score (nSPS) is 12.0. The first-order chi connectivity index (χ1) is 17.9. The molecule has 3 N–H and O–H groups in total. The van der Waals surface area contributed by atoms with Gasteiger partial charge in [-0.05, 0) is 72.0 Å². The third-order valence-electron chi connectivity index (χ3n) is 6.40. The maximum absolute atomic E-state index is 14.0. The van der Waals surface area contributed by atoms with Crippen molar-refractivity contribution in [3.05, 3.63) is 119 Å². The van der Waals surface area contributed by atoms with E-state index in [9.17, 15) is 18.7 Å². The van der Waals surface area contributed by atoms with Crippen molar-refractivity contribution in [2.24, 2.45) is 0 Å². The molecule has 1 unspecified atom stereocenters. The van der Waals surface area contributed by atoms with E-state index in [1.807, 2.05) is 43.3 Å². The Morgan fingerprint density at radius 3 is 2.54 bits per heavy atom. The van der Waals surface area contributed by atoms with Gasteiger partial charge in [0.2, 0.25) is 5.91 Å². The van der Waals surface area contributed by atoms with Gasteiger partial charge in [-0.25, -0.2) is 8.78 Å². The van der Waals surface area contributed by atoms with Crippen LogP contribution >= 0.6 is 0 Å². The Morgan fingerprint density at radius 1 is 1.00 bits per heavy atom. The molecule has 0 aliphatic heterocycles. The molecular weight excluding hydrogens is 472 g/mol. The molecule has 37 heavy (non-hydrogen) atoms. The fourth-order valence-electron chi connectivity index (χ4n) is 4.71. The van der Waals surface area contributed by atoms with E-state index in [-0.39, 0.29) is 24.5 Å². The molecular formula is C30H25F2N3O2. The summed E-state index contributed by atoms with van der Waals surface area (Å²) < 4.78 is 28.0. The van der Waals surface area contributed by atoms with Gasteiger partial charge in [-0.2, -0.15) is 0 Å². The zero-order valence-corrected chi connectivity index (χ0v) is 20.1. The number of nitrogens with zero attached hydrogens (tertiary/aromatic N) is 1. The Balaban J connectivity index is 1.51. The highest BCUT2D eigenvalue weighted by Crippen LogP contribution is 2.31. The Labute approximate surface area is 212 Å². The maximum Gasteiger partial charge on any atom is 0.225 e. The molecule has 0 aliphatic rings. The highest BCUT2D eigenvalue weighted by Gasteiger charge is 2.22. The number of hydrogen-bond donors (Lipinski definition) is 3. The number of benzene rings is 3. The third-order valence-corrected chi connectivity index (χ3v) is 6.40. The van der Waals surface area contributed by atoms with Crippen LogP contribution in [0.1, 0.15) is 28.4 Å². The van der Waals surface area contributed by atoms with E-state index in [1.54, 1.807) is 30.6 Å². The maximum atomic E-state index is 14.0. The second-order valence-corrected chi connectivity index (χ2v) is 9.07. The minimum Gasteiger partial charge on any atom is -0.508 e. The van der Waals surface area contributed by atoms with Crippen LogP contribution in [0.3, 0.4) is 0 Å². The largest absolute Gasteiger partial charge is 0.508 e. The highest BCUT2D eigenvalue weighted by molar-refractivity contribution is 5.90. The number of aromatic amines is 1. The van der Waals surface area contributed by atoms with Gasteiger partial charge in [0.25, 0.3) is 0 Å². The lowest BCUT2D eigenvalue weighted by molar-refractivity contribution is -0.121. The molecule has 0 radical (unpaired) electrons. The molecule has 5 rings (SSSR count). The number of rotatable bonds is 7. The van der Waals surface area contributed by atoms with E-state index in [2.05, 4.69) is 15.3 Å². The monoisotopic (exact) mass is 497 g/mol. The number of aryl methyl sites for hydroxylation is 1. The highest BCUT2D eigenvalue weighted by atomic mass is 19.1. The van der Waals surface area contributed by atoms with Crippen molar-refractivity contribution in [3.63, 3.8) is 0 Å². The Bertz CT molecular complexity index is 1580. The first-order valence-corrected chi connectivity index (χ1v) is 11.9. The fourth-order valence-corrected chi connectivity index (χ4v) is 4.71. The van der Waals surface area contributed by atoms with Gasteiger partial charge in [0.1, 0.15) is 17.4 Å². The molecule has 0 spiro atoms. The minimum absolute atomic E-state index is 0.0456. The molecule has 2 heterocycles. The van der Waals surface area contributed by atoms with Gasteiger partial charge in [-0.3, -0.25) is 9.78 Å². The molecule has 1 amide bonds. The van der Waals surface area contributed by atoms with Crippen molar-refractivity contribution in [3.8, 4) is 16.9 Å². The number of nitrogens with one attached hydrogen (secondary N) is 2. The third kappa shape index (κ3) is 5.35. The van der Waals surface area contributed by atoms with Gasteiger partial charge in [0.05, 0.1) is 18.2 Å². The van der Waals surface area contributed by atoms with Crippen molar-refractivity contribution in [1.82, 2.24) is 15.3 Å². The number of phenolic OH excluding ortho intramolecular Hbond substituents is 1. The lowest BCUT2D eigenvalue weighted by Crippen LogP contribution is -2.32. The van der Waals surface area contributed by atoms with Crippen LogP contribution in [0.5, 0.6) is 5.75 Å². The molecule has 0 fully saturated rings. The van der Waals surface area contributed by atoms with Crippen LogP contribution in [0.15, 0.2) is 85.2 Å². The predicted octanol–water partition coefficient (Wildman–Crippen LogP) is 6.16. The zero-order valence-electron chi connectivity index (χ0n) is 20.1. The second kappa shape index (κ2) is 10.2. The van der Waals surface area contributed by atoms with Crippen molar-refractivity contribution in [2.75, 3.05) is 0 Å². The van der Waals surface area contributed by atoms with Crippen LogP contribution in [0.25, 0.3) is 22.0 Å². The number of fused-ring (bicyclic) bond motifs is 1. The number of pyridine rings is 1. The lowest BCUT2D eigenvalue weighted by Gasteiger charge is -2.22. The Morgan fingerprint density at radius 2 is 1.76 bits per heavy atom. The second-order valence-electron chi connectivity index (χ2n) is 9.07. The lowest BCUT2D eigenvalue weighted by atomic mass is 9.93. The SMILES string of the molecule is Cc1ccccc1-c1cccnc1C(Cc1cc(F)cc(F)c1)NC(=O)Cc1c[nH]c2ccc(O)cc12. The molecule has 2 aromatic heterocycles. The molecule has 1 atom stereocenters. The van der Waals surface area contributed by atoms with Gasteiger partial charge in [-0.1, -0.05) is 30.3 Å². The molecule has 0 saturated heterocycles. The first-order valence-electron chi connectivity index (χ1n) is 11.9. The molecule has 5 nitrogen and oxygen atoms in total. The summed E-state index contributed by atoms with van der Waals surface area (Å²) in [6.07, 6.45) is 3.57. The Hall–Kier alpha value is -4.52. The van der Waals surface area contributed by atoms with Gasteiger partial charge >= 0.3 is 0 Å². The van der Waals surface area contributed by atoms with E-state index < -0.39 is 17.7 Å². The number of hydrogen-bond acceptors (Lipinski definition) is 3. The van der Waals surface area contributed by atoms with Crippen molar-refractivity contribution >= 4 is 16.8 Å². The number of aromatic nitrogens is 2. The fraction of sp³-hybridized carbons (Fsp3) is 0.133. The molecule has 0 aliphatic carbocycles.